The maximum absolute atomic E-state index is 5.69. The fourth-order valence-electron chi connectivity index (χ4n) is 2.80. The maximum atomic E-state index is 5.69. The Bertz CT molecular complexity index is 402. The molecule has 2 heteroatoms. The molecule has 2 atom stereocenters. The monoisotopic (exact) mass is 259 g/mol. The summed E-state index contributed by atoms with van der Waals surface area (Å²) in [5, 5.41) is 3.70. The number of rotatable bonds is 6. The molecule has 0 radical (unpaired) electrons. The van der Waals surface area contributed by atoms with E-state index in [9.17, 15) is 0 Å². The Morgan fingerprint density at radius 3 is 2.89 bits per heavy atom. The molecule has 0 bridgehead atoms. The summed E-state index contributed by atoms with van der Waals surface area (Å²) in [6.07, 6.45) is 7.19. The summed E-state index contributed by atoms with van der Waals surface area (Å²) in [5.41, 5.74) is 1.24. The van der Waals surface area contributed by atoms with Gasteiger partial charge in [0, 0.05) is 18.2 Å². The third-order valence-electron chi connectivity index (χ3n) is 4.00. The number of benzene rings is 1. The highest BCUT2D eigenvalue weighted by Crippen LogP contribution is 2.25. The Kier molecular flexibility index (Phi) is 5.46. The molecule has 0 spiro atoms. The second kappa shape index (κ2) is 7.34. The Balaban J connectivity index is 1.92. The number of hydrogen-bond acceptors (Lipinski definition) is 2. The van der Waals surface area contributed by atoms with Crippen molar-refractivity contribution < 1.29 is 4.74 Å². The van der Waals surface area contributed by atoms with E-state index in [4.69, 9.17) is 4.74 Å². The molecule has 0 heterocycles. The van der Waals surface area contributed by atoms with Crippen molar-refractivity contribution in [1.82, 2.24) is 5.32 Å². The molecule has 1 N–H and O–H groups in total. The SMILES string of the molecule is C=CCOc1ccccc1CNC1CCCCC1C. The molecule has 19 heavy (non-hydrogen) atoms. The van der Waals surface area contributed by atoms with Gasteiger partial charge in [-0.3, -0.25) is 0 Å². The summed E-state index contributed by atoms with van der Waals surface area (Å²) < 4.78 is 5.69. The Labute approximate surface area is 116 Å². The van der Waals surface area contributed by atoms with E-state index in [0.29, 0.717) is 12.6 Å². The van der Waals surface area contributed by atoms with Crippen LogP contribution in [-0.4, -0.2) is 12.6 Å². The van der Waals surface area contributed by atoms with Gasteiger partial charge in [-0.15, -0.1) is 0 Å². The molecule has 0 saturated heterocycles. The van der Waals surface area contributed by atoms with Crippen LogP contribution in [-0.2, 0) is 6.54 Å². The van der Waals surface area contributed by atoms with Crippen LogP contribution < -0.4 is 10.1 Å². The van der Waals surface area contributed by atoms with Crippen LogP contribution in [0.2, 0.25) is 0 Å². The minimum atomic E-state index is 0.566. The van der Waals surface area contributed by atoms with Gasteiger partial charge in [-0.1, -0.05) is 50.6 Å². The standard InChI is InChI=1S/C17H25NO/c1-3-12-19-17-11-7-5-9-15(17)13-18-16-10-6-4-8-14(16)2/h3,5,7,9,11,14,16,18H,1,4,6,8,10,12-13H2,2H3. The maximum Gasteiger partial charge on any atom is 0.124 e. The van der Waals surface area contributed by atoms with Gasteiger partial charge >= 0.3 is 0 Å². The summed E-state index contributed by atoms with van der Waals surface area (Å²) in [4.78, 5) is 0. The van der Waals surface area contributed by atoms with Crippen LogP contribution >= 0.6 is 0 Å². The van der Waals surface area contributed by atoms with Gasteiger partial charge in [0.2, 0.25) is 0 Å². The normalized spacial score (nSPS) is 23.0. The number of nitrogens with one attached hydrogen (secondary N) is 1. The van der Waals surface area contributed by atoms with Gasteiger partial charge in [0.25, 0.3) is 0 Å². The smallest absolute Gasteiger partial charge is 0.124 e. The lowest BCUT2D eigenvalue weighted by atomic mass is 9.86. The summed E-state index contributed by atoms with van der Waals surface area (Å²) >= 11 is 0. The van der Waals surface area contributed by atoms with Crippen LogP contribution in [0.15, 0.2) is 36.9 Å². The zero-order chi connectivity index (χ0) is 13.5. The average molecular weight is 259 g/mol. The zero-order valence-electron chi connectivity index (χ0n) is 11.9. The Morgan fingerprint density at radius 2 is 2.11 bits per heavy atom. The van der Waals surface area contributed by atoms with Gasteiger partial charge in [-0.2, -0.15) is 0 Å². The minimum Gasteiger partial charge on any atom is -0.489 e. The van der Waals surface area contributed by atoms with E-state index >= 15 is 0 Å². The van der Waals surface area contributed by atoms with E-state index in [1.54, 1.807) is 6.08 Å². The van der Waals surface area contributed by atoms with Crippen molar-refractivity contribution in [1.29, 1.82) is 0 Å². The molecule has 1 aliphatic rings. The number of hydrogen-bond donors (Lipinski definition) is 1. The van der Waals surface area contributed by atoms with Gasteiger partial charge in [0.05, 0.1) is 0 Å². The number of para-hydroxylation sites is 1. The van der Waals surface area contributed by atoms with Gasteiger partial charge < -0.3 is 10.1 Å². The molecule has 1 aromatic rings. The largest absolute Gasteiger partial charge is 0.489 e. The first-order valence-electron chi connectivity index (χ1n) is 7.36. The lowest BCUT2D eigenvalue weighted by Crippen LogP contribution is -2.36. The lowest BCUT2D eigenvalue weighted by Gasteiger charge is -2.30. The molecule has 0 aliphatic heterocycles. The average Bonchev–Trinajstić information content (AvgIpc) is 2.45. The quantitative estimate of drug-likeness (QED) is 0.782. The van der Waals surface area contributed by atoms with Crippen molar-refractivity contribution in [3.8, 4) is 5.75 Å². The fraction of sp³-hybridized carbons (Fsp3) is 0.529. The Morgan fingerprint density at radius 1 is 1.32 bits per heavy atom. The van der Waals surface area contributed by atoms with Crippen molar-refractivity contribution in [3.05, 3.63) is 42.5 Å². The molecule has 0 aromatic heterocycles. The molecule has 2 rings (SSSR count). The zero-order valence-corrected chi connectivity index (χ0v) is 11.9. The molecule has 0 amide bonds. The predicted octanol–water partition coefficient (Wildman–Crippen LogP) is 3.92. The highest BCUT2D eigenvalue weighted by molar-refractivity contribution is 5.33. The first-order valence-corrected chi connectivity index (χ1v) is 7.36. The predicted molar refractivity (Wildman–Crippen MR) is 80.4 cm³/mol. The van der Waals surface area contributed by atoms with Crippen LogP contribution in [0.5, 0.6) is 5.75 Å². The van der Waals surface area contributed by atoms with Crippen molar-refractivity contribution in [2.75, 3.05) is 6.61 Å². The van der Waals surface area contributed by atoms with Crippen LogP contribution in [0.3, 0.4) is 0 Å². The van der Waals surface area contributed by atoms with E-state index in [1.165, 1.54) is 31.2 Å². The fourth-order valence-corrected chi connectivity index (χ4v) is 2.80. The van der Waals surface area contributed by atoms with Crippen molar-refractivity contribution in [3.63, 3.8) is 0 Å². The van der Waals surface area contributed by atoms with Crippen LogP contribution in [0.4, 0.5) is 0 Å². The van der Waals surface area contributed by atoms with Crippen LogP contribution in [0.1, 0.15) is 38.2 Å². The molecule has 2 nitrogen and oxygen atoms in total. The van der Waals surface area contributed by atoms with Gasteiger partial charge in [0.1, 0.15) is 12.4 Å². The lowest BCUT2D eigenvalue weighted by molar-refractivity contribution is 0.277. The van der Waals surface area contributed by atoms with Crippen molar-refractivity contribution >= 4 is 0 Å². The van der Waals surface area contributed by atoms with E-state index in [-0.39, 0.29) is 0 Å². The molecule has 2 unspecified atom stereocenters. The Hall–Kier alpha value is -1.28. The second-order valence-electron chi connectivity index (χ2n) is 5.46. The summed E-state index contributed by atoms with van der Waals surface area (Å²) in [6, 6.07) is 8.91. The highest BCUT2D eigenvalue weighted by atomic mass is 16.5. The van der Waals surface area contributed by atoms with Crippen LogP contribution in [0, 0.1) is 5.92 Å². The van der Waals surface area contributed by atoms with Gasteiger partial charge in [-0.25, -0.2) is 0 Å². The van der Waals surface area contributed by atoms with E-state index in [2.05, 4.69) is 31.0 Å². The third kappa shape index (κ3) is 4.10. The minimum absolute atomic E-state index is 0.566. The summed E-state index contributed by atoms with van der Waals surface area (Å²) in [7, 11) is 0. The van der Waals surface area contributed by atoms with E-state index < -0.39 is 0 Å². The first kappa shape index (κ1) is 14.1. The van der Waals surface area contributed by atoms with Crippen molar-refractivity contribution in [2.24, 2.45) is 5.92 Å². The molecular weight excluding hydrogens is 234 g/mol. The molecular formula is C17H25NO. The van der Waals surface area contributed by atoms with E-state index in [1.807, 2.05) is 12.1 Å². The van der Waals surface area contributed by atoms with Gasteiger partial charge in [0.15, 0.2) is 0 Å². The highest BCUT2D eigenvalue weighted by Gasteiger charge is 2.20. The summed E-state index contributed by atoms with van der Waals surface area (Å²) in [6.45, 7) is 7.51. The molecule has 1 aromatic carbocycles. The van der Waals surface area contributed by atoms with Crippen molar-refractivity contribution in [2.45, 2.75) is 45.2 Å². The third-order valence-corrected chi connectivity index (χ3v) is 4.00. The molecule has 1 fully saturated rings. The van der Waals surface area contributed by atoms with Gasteiger partial charge in [-0.05, 0) is 24.8 Å². The van der Waals surface area contributed by atoms with Crippen LogP contribution in [0.25, 0.3) is 0 Å². The molecule has 1 aliphatic carbocycles. The topological polar surface area (TPSA) is 21.3 Å². The summed E-state index contributed by atoms with van der Waals surface area (Å²) in [5.74, 6) is 1.76. The molecule has 104 valence electrons. The molecule has 1 saturated carbocycles. The second-order valence-corrected chi connectivity index (χ2v) is 5.46. The first-order chi connectivity index (χ1) is 9.31. The number of ether oxygens (including phenoxy) is 1. The van der Waals surface area contributed by atoms with E-state index in [0.717, 1.165) is 18.2 Å².